The van der Waals surface area contributed by atoms with Crippen LogP contribution >= 0.6 is 0 Å². The van der Waals surface area contributed by atoms with Crippen LogP contribution in [0.25, 0.3) is 49.8 Å². The molecule has 0 saturated heterocycles. The predicted molar refractivity (Wildman–Crippen MR) is 132 cm³/mol. The van der Waals surface area contributed by atoms with Crippen molar-refractivity contribution in [2.45, 2.75) is 0 Å². The maximum Gasteiger partial charge on any atom is 0.352 e. The highest BCUT2D eigenvalue weighted by molar-refractivity contribution is 6.09. The minimum Gasteiger partial charge on any atom is -0.344 e. The number of aryl methyl sites for hydroxylation is 1. The minimum atomic E-state index is -0.563. The molecule has 33 heavy (non-hydrogen) atoms. The van der Waals surface area contributed by atoms with Gasteiger partial charge < -0.3 is 4.57 Å². The second-order valence-electron chi connectivity index (χ2n) is 8.20. The number of fused-ring (bicyclic) bond motifs is 4. The van der Waals surface area contributed by atoms with Crippen LogP contribution < -0.4 is 11.2 Å². The predicted octanol–water partition coefficient (Wildman–Crippen LogP) is 4.40. The van der Waals surface area contributed by atoms with E-state index in [4.69, 9.17) is 0 Å². The summed E-state index contributed by atoms with van der Waals surface area (Å²) in [6, 6.07) is 28.2. The van der Waals surface area contributed by atoms with Crippen LogP contribution in [-0.4, -0.2) is 18.7 Å². The van der Waals surface area contributed by atoms with E-state index in [9.17, 15) is 9.59 Å². The first-order valence-corrected chi connectivity index (χ1v) is 10.7. The van der Waals surface area contributed by atoms with Gasteiger partial charge in [0.25, 0.3) is 5.56 Å². The average Bonchev–Trinajstić information content (AvgIpc) is 3.24. The molecular formula is C27H20N4O2. The zero-order valence-corrected chi connectivity index (χ0v) is 18.2. The maximum absolute atomic E-state index is 13.2. The van der Waals surface area contributed by atoms with Crippen LogP contribution in [0.4, 0.5) is 0 Å². The van der Waals surface area contributed by atoms with Gasteiger partial charge in [0.1, 0.15) is 0 Å². The summed E-state index contributed by atoms with van der Waals surface area (Å²) in [5.41, 5.74) is 4.38. The van der Waals surface area contributed by atoms with Gasteiger partial charge in [-0.1, -0.05) is 60.7 Å². The molecule has 160 valence electrons. The standard InChI is InChI=1S/C27H20N4O2/c1-29-21(17-9-5-3-6-10-17)15-18-13-14-20-23(16-22(18)29)31(19-11-7-4-8-12-19)25-24(20)26(32)30(2)27(33)28-25/h3-16H,1-2H3. The molecule has 0 amide bonds. The number of benzene rings is 2. The van der Waals surface area contributed by atoms with Gasteiger partial charge >= 0.3 is 5.69 Å². The molecule has 0 aliphatic carbocycles. The minimum absolute atomic E-state index is 0.343. The smallest absolute Gasteiger partial charge is 0.344 e. The van der Waals surface area contributed by atoms with Gasteiger partial charge in [0.2, 0.25) is 0 Å². The Morgan fingerprint density at radius 3 is 2.15 bits per heavy atom. The van der Waals surface area contributed by atoms with E-state index in [0.717, 1.165) is 43.3 Å². The van der Waals surface area contributed by atoms with E-state index in [1.54, 1.807) is 0 Å². The van der Waals surface area contributed by atoms with E-state index in [1.165, 1.54) is 7.05 Å². The number of nitrogens with zero attached hydrogens (tertiary/aromatic N) is 4. The normalized spacial score (nSPS) is 11.6. The third kappa shape index (κ3) is 2.77. The molecular weight excluding hydrogens is 412 g/mol. The first-order valence-electron chi connectivity index (χ1n) is 10.7. The first-order chi connectivity index (χ1) is 16.0. The van der Waals surface area contributed by atoms with Gasteiger partial charge in [0.05, 0.1) is 16.4 Å². The van der Waals surface area contributed by atoms with E-state index in [1.807, 2.05) is 72.3 Å². The molecule has 0 radical (unpaired) electrons. The third-order valence-corrected chi connectivity index (χ3v) is 6.33. The fourth-order valence-electron chi connectivity index (χ4n) is 4.62. The van der Waals surface area contributed by atoms with Gasteiger partial charge in [-0.2, -0.15) is 4.98 Å². The van der Waals surface area contributed by atoms with Crippen molar-refractivity contribution < 1.29 is 0 Å². The molecule has 0 spiro atoms. The quantitative estimate of drug-likeness (QED) is 0.408. The molecule has 0 bridgehead atoms. The molecule has 6 nitrogen and oxygen atoms in total. The van der Waals surface area contributed by atoms with Crippen molar-refractivity contribution in [2.24, 2.45) is 14.1 Å². The van der Waals surface area contributed by atoms with Gasteiger partial charge in [0, 0.05) is 36.2 Å². The summed E-state index contributed by atoms with van der Waals surface area (Å²) in [6.07, 6.45) is 0. The third-order valence-electron chi connectivity index (χ3n) is 6.33. The first kappa shape index (κ1) is 19.3. The molecule has 0 N–H and O–H groups in total. The lowest BCUT2D eigenvalue weighted by Gasteiger charge is -2.07. The van der Waals surface area contributed by atoms with E-state index < -0.39 is 5.69 Å². The monoisotopic (exact) mass is 432 g/mol. The highest BCUT2D eigenvalue weighted by atomic mass is 16.2. The lowest BCUT2D eigenvalue weighted by molar-refractivity contribution is 0.790. The van der Waals surface area contributed by atoms with Crippen LogP contribution in [0.15, 0.2) is 94.5 Å². The Bertz CT molecular complexity index is 1810. The molecule has 0 fully saturated rings. The Hall–Kier alpha value is -4.45. The average molecular weight is 432 g/mol. The highest BCUT2D eigenvalue weighted by Gasteiger charge is 2.19. The zero-order chi connectivity index (χ0) is 22.7. The largest absolute Gasteiger partial charge is 0.352 e. The van der Waals surface area contributed by atoms with Crippen molar-refractivity contribution in [1.29, 1.82) is 0 Å². The number of para-hydroxylation sites is 1. The van der Waals surface area contributed by atoms with Gasteiger partial charge in [-0.3, -0.25) is 13.9 Å². The van der Waals surface area contributed by atoms with Gasteiger partial charge in [0.15, 0.2) is 5.65 Å². The molecule has 3 heterocycles. The summed E-state index contributed by atoms with van der Waals surface area (Å²) in [6.45, 7) is 0. The molecule has 6 rings (SSSR count). The molecule has 3 aromatic carbocycles. The topological polar surface area (TPSA) is 61.8 Å². The highest BCUT2D eigenvalue weighted by Crippen LogP contribution is 2.33. The van der Waals surface area contributed by atoms with Crippen molar-refractivity contribution in [1.82, 2.24) is 18.7 Å². The summed E-state index contributed by atoms with van der Waals surface area (Å²) >= 11 is 0. The van der Waals surface area contributed by atoms with E-state index in [0.29, 0.717) is 11.0 Å². The Morgan fingerprint density at radius 1 is 0.727 bits per heavy atom. The van der Waals surface area contributed by atoms with Crippen molar-refractivity contribution in [3.05, 3.63) is 106 Å². The lowest BCUT2D eigenvalue weighted by Crippen LogP contribution is -2.32. The van der Waals surface area contributed by atoms with E-state index in [-0.39, 0.29) is 5.56 Å². The molecule has 0 unspecified atom stereocenters. The molecule has 6 aromatic rings. The number of rotatable bonds is 2. The van der Waals surface area contributed by atoms with Gasteiger partial charge in [-0.05, 0) is 29.8 Å². The van der Waals surface area contributed by atoms with Crippen LogP contribution in [0.5, 0.6) is 0 Å². The zero-order valence-electron chi connectivity index (χ0n) is 18.2. The van der Waals surface area contributed by atoms with Crippen LogP contribution in [0.2, 0.25) is 0 Å². The van der Waals surface area contributed by atoms with Gasteiger partial charge in [-0.25, -0.2) is 4.79 Å². The SMILES string of the molecule is Cn1c(=O)nc2c(c1=O)c1ccc3cc(-c4ccccc4)n(C)c3cc1n2-c1ccccc1. The Labute approximate surface area is 188 Å². The molecule has 0 atom stereocenters. The fraction of sp³-hybridized carbons (Fsp3) is 0.0741. The number of hydrogen-bond acceptors (Lipinski definition) is 3. The lowest BCUT2D eigenvalue weighted by atomic mass is 10.1. The van der Waals surface area contributed by atoms with E-state index in [2.05, 4.69) is 33.8 Å². The Kier molecular flexibility index (Phi) is 4.10. The van der Waals surface area contributed by atoms with Crippen molar-refractivity contribution in [2.75, 3.05) is 0 Å². The van der Waals surface area contributed by atoms with E-state index >= 15 is 0 Å². The molecule has 0 aliphatic heterocycles. The maximum atomic E-state index is 13.2. The van der Waals surface area contributed by atoms with Crippen LogP contribution in [-0.2, 0) is 14.1 Å². The van der Waals surface area contributed by atoms with Crippen molar-refractivity contribution >= 4 is 32.8 Å². The van der Waals surface area contributed by atoms with Crippen LogP contribution in [0, 0.1) is 0 Å². The van der Waals surface area contributed by atoms with Crippen LogP contribution in [0.3, 0.4) is 0 Å². The van der Waals surface area contributed by atoms with Crippen molar-refractivity contribution in [3.8, 4) is 16.9 Å². The van der Waals surface area contributed by atoms with Gasteiger partial charge in [-0.15, -0.1) is 0 Å². The molecule has 3 aromatic heterocycles. The summed E-state index contributed by atoms with van der Waals surface area (Å²) in [5, 5.41) is 2.27. The van der Waals surface area contributed by atoms with Crippen LogP contribution in [0.1, 0.15) is 0 Å². The second-order valence-corrected chi connectivity index (χ2v) is 8.20. The molecule has 0 saturated carbocycles. The summed E-state index contributed by atoms with van der Waals surface area (Å²) in [7, 11) is 3.51. The molecule has 0 aliphatic rings. The number of hydrogen-bond donors (Lipinski definition) is 0. The summed E-state index contributed by atoms with van der Waals surface area (Å²) in [4.78, 5) is 29.9. The summed E-state index contributed by atoms with van der Waals surface area (Å²) < 4.78 is 5.13. The molecule has 6 heteroatoms. The Balaban J connectivity index is 1.81. The fourth-order valence-corrected chi connectivity index (χ4v) is 4.62. The van der Waals surface area contributed by atoms with Crippen molar-refractivity contribution in [3.63, 3.8) is 0 Å². The number of aromatic nitrogens is 4. The second kappa shape index (κ2) is 7.03. The Morgan fingerprint density at radius 2 is 1.42 bits per heavy atom. The summed E-state index contributed by atoms with van der Waals surface area (Å²) in [5.74, 6) is 0.